The molecule has 11 heteroatoms. The van der Waals surface area contributed by atoms with Crippen LogP contribution in [0.5, 0.6) is 5.75 Å². The summed E-state index contributed by atoms with van der Waals surface area (Å²) in [5.74, 6) is 0.739. The number of ether oxygens (including phenoxy) is 2. The number of anilines is 1. The van der Waals surface area contributed by atoms with E-state index in [-0.39, 0.29) is 0 Å². The zero-order valence-corrected chi connectivity index (χ0v) is 26.1. The number of rotatable bonds is 11. The molecule has 0 saturated carbocycles. The summed E-state index contributed by atoms with van der Waals surface area (Å²) in [7, 11) is 2.07. The maximum Gasteiger partial charge on any atom is 0.407 e. The number of hydrogen-bond acceptors (Lipinski definition) is 9. The lowest BCUT2D eigenvalue weighted by Crippen LogP contribution is -2.32. The zero-order chi connectivity index (χ0) is 28.0. The minimum absolute atomic E-state index is 0.310. The Morgan fingerprint density at radius 1 is 1.15 bits per heavy atom. The normalized spacial score (nSPS) is 11.7. The number of hydrogen-bond donors (Lipinski definition) is 2. The third-order valence-electron chi connectivity index (χ3n) is 5.75. The van der Waals surface area contributed by atoms with E-state index in [1.807, 2.05) is 63.5 Å². The molecule has 0 unspecified atom stereocenters. The van der Waals surface area contributed by atoms with Gasteiger partial charge in [-0.15, -0.1) is 11.3 Å². The third kappa shape index (κ3) is 8.63. The predicted molar refractivity (Wildman–Crippen MR) is 164 cm³/mol. The highest BCUT2D eigenvalue weighted by Gasteiger charge is 2.17. The fraction of sp³-hybridized carbons (Fsp3) is 0.393. The van der Waals surface area contributed by atoms with E-state index in [0.29, 0.717) is 13.2 Å². The molecule has 0 aliphatic rings. The molecule has 2 aromatic carbocycles. The molecule has 8 nitrogen and oxygen atoms in total. The van der Waals surface area contributed by atoms with Crippen LogP contribution in [0.2, 0.25) is 0 Å². The van der Waals surface area contributed by atoms with Crippen LogP contribution in [0.25, 0.3) is 20.7 Å². The molecule has 2 N–H and O–H groups in total. The molecule has 0 spiro atoms. The standard InChI is InChI=1S/C28H34BrN5O3S2/c1-18-25(38-17-32-18)19-6-7-20(16-31-27(35)37-28(2,3)4)23(14-19)36-13-12-34(5)11-10-30-26-33-22-9-8-21(29)15-24(22)39-26/h6-9,14-15,17H,10-13,16H2,1-5H3,(H,30,33)(H,31,35). The molecular formula is C28H34BrN5O3S2. The Morgan fingerprint density at radius 2 is 1.97 bits per heavy atom. The van der Waals surface area contributed by atoms with Gasteiger partial charge in [-0.1, -0.05) is 39.4 Å². The number of aryl methyl sites for hydroxylation is 1. The third-order valence-corrected chi connectivity index (χ3v) is 8.19. The average Bonchev–Trinajstić information content (AvgIpc) is 3.47. The number of thiazole rings is 2. The van der Waals surface area contributed by atoms with E-state index in [1.165, 1.54) is 0 Å². The molecule has 4 aromatic rings. The molecule has 0 bridgehead atoms. The number of nitrogens with zero attached hydrogens (tertiary/aromatic N) is 3. The van der Waals surface area contributed by atoms with Crippen LogP contribution in [-0.2, 0) is 11.3 Å². The van der Waals surface area contributed by atoms with Gasteiger partial charge >= 0.3 is 6.09 Å². The van der Waals surface area contributed by atoms with Crippen molar-refractivity contribution in [2.75, 3.05) is 38.6 Å². The Morgan fingerprint density at radius 3 is 2.72 bits per heavy atom. The first-order valence-corrected chi connectivity index (χ1v) is 15.2. The lowest BCUT2D eigenvalue weighted by Gasteiger charge is -2.21. The summed E-state index contributed by atoms with van der Waals surface area (Å²) in [6, 6.07) is 12.2. The Balaban J connectivity index is 1.32. The maximum atomic E-state index is 12.2. The average molecular weight is 633 g/mol. The number of amides is 1. The highest BCUT2D eigenvalue weighted by Crippen LogP contribution is 2.32. The van der Waals surface area contributed by atoms with Gasteiger partial charge in [0.25, 0.3) is 0 Å². The second kappa shape index (κ2) is 13.1. The minimum atomic E-state index is -0.555. The number of alkyl carbamates (subject to hydrolysis) is 1. The van der Waals surface area contributed by atoms with Crippen molar-refractivity contribution in [2.45, 2.75) is 39.8 Å². The smallest absolute Gasteiger partial charge is 0.407 e. The van der Waals surface area contributed by atoms with E-state index in [0.717, 1.165) is 66.9 Å². The molecule has 39 heavy (non-hydrogen) atoms. The van der Waals surface area contributed by atoms with E-state index in [4.69, 9.17) is 9.47 Å². The van der Waals surface area contributed by atoms with Crippen LogP contribution in [-0.4, -0.2) is 59.9 Å². The van der Waals surface area contributed by atoms with Gasteiger partial charge in [-0.3, -0.25) is 0 Å². The van der Waals surface area contributed by atoms with Gasteiger partial charge in [0.05, 0.1) is 26.3 Å². The van der Waals surface area contributed by atoms with E-state index >= 15 is 0 Å². The molecule has 0 saturated heterocycles. The molecule has 2 heterocycles. The lowest BCUT2D eigenvalue weighted by molar-refractivity contribution is 0.0523. The highest BCUT2D eigenvalue weighted by atomic mass is 79.9. The topological polar surface area (TPSA) is 88.6 Å². The summed E-state index contributed by atoms with van der Waals surface area (Å²) in [6.07, 6.45) is -0.455. The Hall–Kier alpha value is -2.73. The number of carbonyl (C=O) groups excluding carboxylic acids is 1. The van der Waals surface area contributed by atoms with Gasteiger partial charge in [0.1, 0.15) is 18.0 Å². The molecule has 0 fully saturated rings. The SMILES string of the molecule is Cc1ncsc1-c1ccc(CNC(=O)OC(C)(C)C)c(OCCN(C)CCNc2nc3ccc(Br)cc3s2)c1. The first-order chi connectivity index (χ1) is 18.6. The van der Waals surface area contributed by atoms with E-state index in [9.17, 15) is 4.79 Å². The van der Waals surface area contributed by atoms with Crippen molar-refractivity contribution in [1.29, 1.82) is 0 Å². The molecule has 1 amide bonds. The molecule has 0 radical (unpaired) electrons. The van der Waals surface area contributed by atoms with Crippen molar-refractivity contribution in [3.63, 3.8) is 0 Å². The molecule has 2 aromatic heterocycles. The maximum absolute atomic E-state index is 12.2. The second-order valence-electron chi connectivity index (χ2n) is 10.2. The van der Waals surface area contributed by atoms with E-state index < -0.39 is 11.7 Å². The van der Waals surface area contributed by atoms with Crippen LogP contribution in [0.1, 0.15) is 32.0 Å². The predicted octanol–water partition coefficient (Wildman–Crippen LogP) is 6.94. The van der Waals surface area contributed by atoms with Crippen LogP contribution >= 0.6 is 38.6 Å². The van der Waals surface area contributed by atoms with Gasteiger partial charge in [0.15, 0.2) is 5.13 Å². The number of fused-ring (bicyclic) bond motifs is 1. The largest absolute Gasteiger partial charge is 0.492 e. The van der Waals surface area contributed by atoms with Crippen LogP contribution in [0.4, 0.5) is 9.93 Å². The van der Waals surface area contributed by atoms with Gasteiger partial charge in [0, 0.05) is 36.2 Å². The van der Waals surface area contributed by atoms with E-state index in [2.05, 4.69) is 54.5 Å². The van der Waals surface area contributed by atoms with Crippen molar-refractivity contribution in [1.82, 2.24) is 20.2 Å². The quantitative estimate of drug-likeness (QED) is 0.185. The number of aromatic nitrogens is 2. The summed E-state index contributed by atoms with van der Waals surface area (Å²) < 4.78 is 13.8. The lowest BCUT2D eigenvalue weighted by atomic mass is 10.1. The second-order valence-corrected chi connectivity index (χ2v) is 13.0. The first kappa shape index (κ1) is 29.3. The Bertz CT molecular complexity index is 1420. The fourth-order valence-electron chi connectivity index (χ4n) is 3.79. The number of nitrogens with one attached hydrogen (secondary N) is 2. The molecule has 4 rings (SSSR count). The summed E-state index contributed by atoms with van der Waals surface area (Å²) in [5.41, 5.74) is 5.21. The number of carbonyl (C=O) groups is 1. The Labute approximate surface area is 245 Å². The number of benzene rings is 2. The number of halogens is 1. The van der Waals surface area contributed by atoms with Gasteiger partial charge in [0.2, 0.25) is 0 Å². The molecular weight excluding hydrogens is 598 g/mol. The molecule has 0 aliphatic carbocycles. The van der Waals surface area contributed by atoms with Gasteiger partial charge in [-0.05, 0) is 64.6 Å². The summed E-state index contributed by atoms with van der Waals surface area (Å²) in [4.78, 5) is 24.6. The highest BCUT2D eigenvalue weighted by molar-refractivity contribution is 9.10. The summed E-state index contributed by atoms with van der Waals surface area (Å²) in [5, 5.41) is 7.19. The van der Waals surface area contributed by atoms with Crippen LogP contribution in [0, 0.1) is 6.92 Å². The van der Waals surface area contributed by atoms with Crippen molar-refractivity contribution in [2.24, 2.45) is 0 Å². The Kier molecular flexibility index (Phi) is 9.81. The van der Waals surface area contributed by atoms with Crippen molar-refractivity contribution in [3.8, 4) is 16.2 Å². The molecule has 208 valence electrons. The molecule has 0 atom stereocenters. The van der Waals surface area contributed by atoms with Crippen LogP contribution in [0.15, 0.2) is 46.4 Å². The zero-order valence-electron chi connectivity index (χ0n) is 22.8. The molecule has 0 aliphatic heterocycles. The summed E-state index contributed by atoms with van der Waals surface area (Å²) in [6.45, 7) is 10.7. The fourth-order valence-corrected chi connectivity index (χ4v) is 6.03. The monoisotopic (exact) mass is 631 g/mol. The number of likely N-dealkylation sites (N-methyl/N-ethyl adjacent to an activating group) is 1. The van der Waals surface area contributed by atoms with Crippen LogP contribution in [0.3, 0.4) is 0 Å². The summed E-state index contributed by atoms with van der Waals surface area (Å²) >= 11 is 6.77. The van der Waals surface area contributed by atoms with Gasteiger partial charge in [-0.25, -0.2) is 14.8 Å². The first-order valence-electron chi connectivity index (χ1n) is 12.7. The van der Waals surface area contributed by atoms with Crippen LogP contribution < -0.4 is 15.4 Å². The van der Waals surface area contributed by atoms with E-state index in [1.54, 1.807) is 22.7 Å². The van der Waals surface area contributed by atoms with Crippen molar-refractivity contribution >= 4 is 60.0 Å². The van der Waals surface area contributed by atoms with Gasteiger partial charge in [-0.2, -0.15) is 0 Å². The minimum Gasteiger partial charge on any atom is -0.492 e. The van der Waals surface area contributed by atoms with Crippen molar-refractivity contribution in [3.05, 3.63) is 57.6 Å². The van der Waals surface area contributed by atoms with Crippen molar-refractivity contribution < 1.29 is 14.3 Å². The van der Waals surface area contributed by atoms with Gasteiger partial charge < -0.3 is 25.0 Å².